The van der Waals surface area contributed by atoms with Crippen LogP contribution in [0.3, 0.4) is 0 Å². The molecular weight excluding hydrogens is 452 g/mol. The number of methoxy groups -OCH3 is 1. The third-order valence-corrected chi connectivity index (χ3v) is 5.50. The summed E-state index contributed by atoms with van der Waals surface area (Å²) in [6.07, 6.45) is 0.375. The van der Waals surface area contributed by atoms with Gasteiger partial charge in [-0.05, 0) is 48.4 Å². The van der Waals surface area contributed by atoms with Crippen molar-refractivity contribution >= 4 is 23.4 Å². The number of nitrogens with zero attached hydrogens (tertiary/aromatic N) is 1. The fourth-order valence-corrected chi connectivity index (χ4v) is 3.78. The van der Waals surface area contributed by atoms with Gasteiger partial charge < -0.3 is 19.7 Å². The van der Waals surface area contributed by atoms with Gasteiger partial charge in [-0.25, -0.2) is 0 Å². The third kappa shape index (κ3) is 7.25. The van der Waals surface area contributed by atoms with Crippen molar-refractivity contribution in [2.45, 2.75) is 25.9 Å². The number of ether oxygens (including phenoxy) is 2. The van der Waals surface area contributed by atoms with Crippen molar-refractivity contribution in [3.8, 4) is 11.5 Å². The number of halogens is 1. The first-order valence-electron chi connectivity index (χ1n) is 11.1. The molecule has 0 aliphatic carbocycles. The van der Waals surface area contributed by atoms with Crippen molar-refractivity contribution < 1.29 is 19.1 Å². The Morgan fingerprint density at radius 1 is 0.941 bits per heavy atom. The summed E-state index contributed by atoms with van der Waals surface area (Å²) >= 11 is 6.04. The van der Waals surface area contributed by atoms with E-state index in [4.69, 9.17) is 21.1 Å². The SMILES string of the molecule is CCNC(=O)[C@H](Cc1ccccc1)N(Cc1cccc(OC)c1)C(=O)COc1cccc(Cl)c1. The van der Waals surface area contributed by atoms with Crippen LogP contribution < -0.4 is 14.8 Å². The van der Waals surface area contributed by atoms with E-state index in [-0.39, 0.29) is 25.0 Å². The van der Waals surface area contributed by atoms with Crippen LogP contribution in [0.4, 0.5) is 0 Å². The Kier molecular flexibility index (Phi) is 9.35. The Hall–Kier alpha value is -3.51. The Morgan fingerprint density at radius 3 is 2.35 bits per heavy atom. The fraction of sp³-hybridized carbons (Fsp3) is 0.259. The van der Waals surface area contributed by atoms with Crippen molar-refractivity contribution in [1.82, 2.24) is 10.2 Å². The molecule has 0 spiro atoms. The first kappa shape index (κ1) is 25.1. The largest absolute Gasteiger partial charge is 0.497 e. The van der Waals surface area contributed by atoms with Crippen LogP contribution >= 0.6 is 11.6 Å². The minimum atomic E-state index is -0.719. The maximum absolute atomic E-state index is 13.5. The van der Waals surface area contributed by atoms with Crippen molar-refractivity contribution in [1.29, 1.82) is 0 Å². The predicted octanol–water partition coefficient (Wildman–Crippen LogP) is 4.50. The van der Waals surface area contributed by atoms with Crippen LogP contribution in [0, 0.1) is 0 Å². The van der Waals surface area contributed by atoms with Gasteiger partial charge in [0.25, 0.3) is 5.91 Å². The molecule has 34 heavy (non-hydrogen) atoms. The maximum Gasteiger partial charge on any atom is 0.261 e. The number of hydrogen-bond donors (Lipinski definition) is 1. The van der Waals surface area contributed by atoms with Gasteiger partial charge in [0.2, 0.25) is 5.91 Å². The Morgan fingerprint density at radius 2 is 1.65 bits per heavy atom. The summed E-state index contributed by atoms with van der Waals surface area (Å²) in [4.78, 5) is 28.2. The minimum absolute atomic E-state index is 0.217. The lowest BCUT2D eigenvalue weighted by Gasteiger charge is -2.31. The van der Waals surface area contributed by atoms with Crippen molar-refractivity contribution in [3.63, 3.8) is 0 Å². The van der Waals surface area contributed by atoms with Gasteiger partial charge in [-0.2, -0.15) is 0 Å². The van der Waals surface area contributed by atoms with Gasteiger partial charge in [-0.15, -0.1) is 0 Å². The molecule has 0 aliphatic rings. The molecule has 0 heterocycles. The number of amides is 2. The highest BCUT2D eigenvalue weighted by molar-refractivity contribution is 6.30. The zero-order chi connectivity index (χ0) is 24.3. The van der Waals surface area contributed by atoms with Gasteiger partial charge >= 0.3 is 0 Å². The third-order valence-electron chi connectivity index (χ3n) is 5.27. The van der Waals surface area contributed by atoms with Gasteiger partial charge in [-0.1, -0.05) is 60.1 Å². The van der Waals surface area contributed by atoms with E-state index in [2.05, 4.69) is 5.32 Å². The summed E-state index contributed by atoms with van der Waals surface area (Å²) in [5, 5.41) is 3.39. The molecule has 0 aliphatic heterocycles. The Balaban J connectivity index is 1.90. The predicted molar refractivity (Wildman–Crippen MR) is 133 cm³/mol. The van der Waals surface area contributed by atoms with E-state index >= 15 is 0 Å². The molecule has 1 atom stereocenters. The van der Waals surface area contributed by atoms with Crippen molar-refractivity contribution in [2.75, 3.05) is 20.3 Å². The number of carbonyl (C=O) groups excluding carboxylic acids is 2. The zero-order valence-electron chi connectivity index (χ0n) is 19.4. The molecular formula is C27H29ClN2O4. The highest BCUT2D eigenvalue weighted by Crippen LogP contribution is 2.20. The molecule has 7 heteroatoms. The van der Waals surface area contributed by atoms with Crippen LogP contribution in [-0.2, 0) is 22.6 Å². The lowest BCUT2D eigenvalue weighted by atomic mass is 10.0. The van der Waals surface area contributed by atoms with Crippen molar-refractivity contribution in [3.05, 3.63) is 95.0 Å². The Labute approximate surface area is 205 Å². The van der Waals surface area contributed by atoms with E-state index in [9.17, 15) is 9.59 Å². The lowest BCUT2D eigenvalue weighted by Crippen LogP contribution is -2.51. The molecule has 0 fully saturated rings. The van der Waals surface area contributed by atoms with Crippen LogP contribution in [0.2, 0.25) is 5.02 Å². The molecule has 0 aromatic heterocycles. The molecule has 1 N–H and O–H groups in total. The van der Waals surface area contributed by atoms with Gasteiger partial charge in [0.1, 0.15) is 17.5 Å². The number of nitrogens with one attached hydrogen (secondary N) is 1. The van der Waals surface area contributed by atoms with E-state index < -0.39 is 6.04 Å². The maximum atomic E-state index is 13.5. The van der Waals surface area contributed by atoms with Crippen LogP contribution in [0.5, 0.6) is 11.5 Å². The molecule has 0 bridgehead atoms. The zero-order valence-corrected chi connectivity index (χ0v) is 20.1. The number of hydrogen-bond acceptors (Lipinski definition) is 4. The summed E-state index contributed by atoms with van der Waals surface area (Å²) in [5.74, 6) is 0.637. The highest BCUT2D eigenvalue weighted by Gasteiger charge is 2.30. The second-order valence-electron chi connectivity index (χ2n) is 7.72. The first-order chi connectivity index (χ1) is 16.5. The molecule has 3 aromatic carbocycles. The molecule has 2 amide bonds. The summed E-state index contributed by atoms with van der Waals surface area (Å²) in [5.41, 5.74) is 1.80. The van der Waals surface area contributed by atoms with Crippen LogP contribution in [0.15, 0.2) is 78.9 Å². The highest BCUT2D eigenvalue weighted by atomic mass is 35.5. The monoisotopic (exact) mass is 480 g/mol. The molecule has 178 valence electrons. The number of likely N-dealkylation sites (N-methyl/N-ethyl adjacent to an activating group) is 1. The Bertz CT molecular complexity index is 1090. The summed E-state index contributed by atoms with van der Waals surface area (Å²) in [6.45, 7) is 2.32. The van der Waals surface area contributed by atoms with Crippen molar-refractivity contribution in [2.24, 2.45) is 0 Å². The first-order valence-corrected chi connectivity index (χ1v) is 11.5. The minimum Gasteiger partial charge on any atom is -0.497 e. The van der Waals surface area contributed by atoms with E-state index in [1.165, 1.54) is 0 Å². The standard InChI is InChI=1S/C27H29ClN2O4/c1-3-29-27(32)25(16-20-9-5-4-6-10-20)30(18-21-11-7-13-23(15-21)33-2)26(31)19-34-24-14-8-12-22(28)17-24/h4-15,17,25H,3,16,18-19H2,1-2H3,(H,29,32)/t25-/m0/s1. The van der Waals surface area contributed by atoms with Crippen LogP contribution in [0.25, 0.3) is 0 Å². The molecule has 3 rings (SSSR count). The molecule has 0 unspecified atom stereocenters. The second-order valence-corrected chi connectivity index (χ2v) is 8.16. The second kappa shape index (κ2) is 12.7. The average Bonchev–Trinajstić information content (AvgIpc) is 2.85. The van der Waals surface area contributed by atoms with E-state index in [1.807, 2.05) is 61.5 Å². The molecule has 0 radical (unpaired) electrons. The van der Waals surface area contributed by atoms with Gasteiger partial charge in [-0.3, -0.25) is 9.59 Å². The topological polar surface area (TPSA) is 67.9 Å². The molecule has 0 saturated heterocycles. The molecule has 6 nitrogen and oxygen atoms in total. The normalized spacial score (nSPS) is 11.4. The fourth-order valence-electron chi connectivity index (χ4n) is 3.60. The van der Waals surface area contributed by atoms with Gasteiger partial charge in [0, 0.05) is 24.5 Å². The van der Waals surface area contributed by atoms with Gasteiger partial charge in [0.15, 0.2) is 6.61 Å². The number of rotatable bonds is 11. The summed E-state index contributed by atoms with van der Waals surface area (Å²) in [6, 6.07) is 23.2. The summed E-state index contributed by atoms with van der Waals surface area (Å²) in [7, 11) is 1.59. The quantitative estimate of drug-likeness (QED) is 0.438. The molecule has 0 saturated carbocycles. The van der Waals surface area contributed by atoms with Gasteiger partial charge in [0.05, 0.1) is 7.11 Å². The average molecular weight is 481 g/mol. The van der Waals surface area contributed by atoms with E-state index in [0.29, 0.717) is 29.5 Å². The van der Waals surface area contributed by atoms with E-state index in [0.717, 1.165) is 11.1 Å². The van der Waals surface area contributed by atoms with Crippen LogP contribution in [0.1, 0.15) is 18.1 Å². The number of carbonyl (C=O) groups is 2. The summed E-state index contributed by atoms with van der Waals surface area (Å²) < 4.78 is 11.1. The number of benzene rings is 3. The lowest BCUT2D eigenvalue weighted by molar-refractivity contribution is -0.142. The molecule has 3 aromatic rings. The van der Waals surface area contributed by atoms with Crippen LogP contribution in [-0.4, -0.2) is 43.0 Å². The smallest absolute Gasteiger partial charge is 0.261 e. The van der Waals surface area contributed by atoms with E-state index in [1.54, 1.807) is 36.3 Å².